The minimum Gasteiger partial charge on any atom is -0.493 e. The van der Waals surface area contributed by atoms with Crippen molar-refractivity contribution in [3.05, 3.63) is 18.2 Å². The second-order valence-electron chi connectivity index (χ2n) is 5.33. The van der Waals surface area contributed by atoms with E-state index in [4.69, 9.17) is 14.2 Å². The summed E-state index contributed by atoms with van der Waals surface area (Å²) in [6, 6.07) is 5.23. The standard InChI is InChI=1S/C14H20O4.C3H8.C2H6/c1-6-14(2,3)13(15)18-12-10(16-4)8-7-9-11(12)17-5;1-3-2;1-2/h7-9H,6H2,1-5H3;3H2,1-2H3;1-2H3. The molecule has 1 aromatic carbocycles. The summed E-state index contributed by atoms with van der Waals surface area (Å²) in [7, 11) is 3.05. The van der Waals surface area contributed by atoms with Crippen molar-refractivity contribution < 1.29 is 19.0 Å². The van der Waals surface area contributed by atoms with Crippen LogP contribution < -0.4 is 14.2 Å². The molecule has 0 aliphatic rings. The maximum absolute atomic E-state index is 12.1. The quantitative estimate of drug-likeness (QED) is 0.530. The molecule has 0 bridgehead atoms. The van der Waals surface area contributed by atoms with Crippen LogP contribution in [0, 0.1) is 5.41 Å². The van der Waals surface area contributed by atoms with Crippen LogP contribution >= 0.6 is 0 Å². The van der Waals surface area contributed by atoms with Crippen molar-refractivity contribution >= 4 is 5.97 Å². The first-order valence-electron chi connectivity index (χ1n) is 8.31. The van der Waals surface area contributed by atoms with Gasteiger partial charge in [-0.25, -0.2) is 0 Å². The van der Waals surface area contributed by atoms with Crippen molar-refractivity contribution in [1.82, 2.24) is 0 Å². The maximum Gasteiger partial charge on any atom is 0.317 e. The van der Waals surface area contributed by atoms with Gasteiger partial charge in [-0.1, -0.05) is 47.1 Å². The van der Waals surface area contributed by atoms with E-state index in [2.05, 4.69) is 13.8 Å². The molecule has 23 heavy (non-hydrogen) atoms. The zero-order valence-electron chi connectivity index (χ0n) is 16.3. The summed E-state index contributed by atoms with van der Waals surface area (Å²) >= 11 is 0. The average Bonchev–Trinajstić information content (AvgIpc) is 2.57. The second-order valence-corrected chi connectivity index (χ2v) is 5.33. The van der Waals surface area contributed by atoms with Crippen LogP contribution in [0.4, 0.5) is 0 Å². The summed E-state index contributed by atoms with van der Waals surface area (Å²) in [6.45, 7) is 13.9. The first kappa shape index (κ1) is 23.6. The molecule has 134 valence electrons. The fraction of sp³-hybridized carbons (Fsp3) is 0.632. The van der Waals surface area contributed by atoms with Gasteiger partial charge < -0.3 is 14.2 Å². The summed E-state index contributed by atoms with van der Waals surface area (Å²) in [5, 5.41) is 0. The molecule has 0 N–H and O–H groups in total. The van der Waals surface area contributed by atoms with Crippen molar-refractivity contribution in [2.75, 3.05) is 14.2 Å². The number of hydrogen-bond acceptors (Lipinski definition) is 4. The van der Waals surface area contributed by atoms with E-state index in [1.807, 2.05) is 34.6 Å². The highest BCUT2D eigenvalue weighted by molar-refractivity contribution is 5.79. The third kappa shape index (κ3) is 7.91. The predicted molar refractivity (Wildman–Crippen MR) is 96.6 cm³/mol. The second kappa shape index (κ2) is 12.8. The highest BCUT2D eigenvalue weighted by atomic mass is 16.6. The van der Waals surface area contributed by atoms with Gasteiger partial charge in [0, 0.05) is 0 Å². The van der Waals surface area contributed by atoms with E-state index in [0.29, 0.717) is 23.7 Å². The minimum atomic E-state index is -0.536. The fourth-order valence-electron chi connectivity index (χ4n) is 1.29. The van der Waals surface area contributed by atoms with Gasteiger partial charge in [-0.2, -0.15) is 0 Å². The molecule has 0 fully saturated rings. The molecule has 0 saturated heterocycles. The number of hydrogen-bond donors (Lipinski definition) is 0. The number of esters is 1. The van der Waals surface area contributed by atoms with Gasteiger partial charge >= 0.3 is 5.97 Å². The molecule has 0 radical (unpaired) electrons. The molecule has 0 heterocycles. The van der Waals surface area contributed by atoms with Crippen molar-refractivity contribution in [3.8, 4) is 17.2 Å². The molecule has 0 amide bonds. The summed E-state index contributed by atoms with van der Waals surface area (Å²) in [5.74, 6) is 0.992. The third-order valence-corrected chi connectivity index (χ3v) is 3.01. The van der Waals surface area contributed by atoms with Crippen LogP contribution in [0.1, 0.15) is 61.3 Å². The van der Waals surface area contributed by atoms with Crippen molar-refractivity contribution in [3.63, 3.8) is 0 Å². The van der Waals surface area contributed by atoms with Crippen molar-refractivity contribution in [2.24, 2.45) is 5.41 Å². The Labute approximate surface area is 142 Å². The average molecular weight is 326 g/mol. The molecule has 0 atom stereocenters. The smallest absolute Gasteiger partial charge is 0.317 e. The fourth-order valence-corrected chi connectivity index (χ4v) is 1.29. The first-order valence-corrected chi connectivity index (χ1v) is 8.31. The van der Waals surface area contributed by atoms with E-state index < -0.39 is 5.41 Å². The van der Waals surface area contributed by atoms with Gasteiger partial charge in [-0.15, -0.1) is 0 Å². The molecule has 0 saturated carbocycles. The van der Waals surface area contributed by atoms with E-state index in [9.17, 15) is 4.79 Å². The number of carbonyl (C=O) groups is 1. The van der Waals surface area contributed by atoms with Crippen LogP contribution in [0.25, 0.3) is 0 Å². The largest absolute Gasteiger partial charge is 0.493 e. The lowest BCUT2D eigenvalue weighted by Crippen LogP contribution is -2.28. The van der Waals surface area contributed by atoms with Gasteiger partial charge in [0.05, 0.1) is 19.6 Å². The highest BCUT2D eigenvalue weighted by Gasteiger charge is 2.29. The zero-order valence-corrected chi connectivity index (χ0v) is 16.3. The third-order valence-electron chi connectivity index (χ3n) is 3.01. The molecule has 1 aromatic rings. The Bertz CT molecular complexity index is 417. The van der Waals surface area contributed by atoms with Crippen molar-refractivity contribution in [2.45, 2.75) is 61.3 Å². The van der Waals surface area contributed by atoms with Gasteiger partial charge in [0.1, 0.15) is 0 Å². The lowest BCUT2D eigenvalue weighted by molar-refractivity contribution is -0.144. The van der Waals surface area contributed by atoms with Gasteiger partial charge in [0.2, 0.25) is 5.75 Å². The molecular formula is C19H34O4. The highest BCUT2D eigenvalue weighted by Crippen LogP contribution is 2.38. The van der Waals surface area contributed by atoms with Gasteiger partial charge in [0.25, 0.3) is 0 Å². The topological polar surface area (TPSA) is 44.8 Å². The number of para-hydroxylation sites is 1. The summed E-state index contributed by atoms with van der Waals surface area (Å²) in [6.07, 6.45) is 1.95. The van der Waals surface area contributed by atoms with E-state index in [-0.39, 0.29) is 5.97 Å². The van der Waals surface area contributed by atoms with E-state index in [0.717, 1.165) is 0 Å². The molecule has 0 spiro atoms. The molecule has 0 aromatic heterocycles. The lowest BCUT2D eigenvalue weighted by atomic mass is 9.91. The molecule has 0 unspecified atom stereocenters. The molecule has 1 rings (SSSR count). The Morgan fingerprint density at radius 3 is 1.70 bits per heavy atom. The predicted octanol–water partition coefficient (Wildman–Crippen LogP) is 5.49. The van der Waals surface area contributed by atoms with E-state index in [1.165, 1.54) is 20.6 Å². The Hall–Kier alpha value is -1.71. The van der Waals surface area contributed by atoms with Crippen LogP contribution in [0.15, 0.2) is 18.2 Å². The number of benzene rings is 1. The van der Waals surface area contributed by atoms with Gasteiger partial charge in [0.15, 0.2) is 11.5 Å². The summed E-state index contributed by atoms with van der Waals surface area (Å²) in [5.41, 5.74) is -0.536. The Morgan fingerprint density at radius 1 is 1.00 bits per heavy atom. The Balaban J connectivity index is 0. The normalized spacial score (nSPS) is 9.61. The van der Waals surface area contributed by atoms with Crippen LogP contribution in [0.3, 0.4) is 0 Å². The summed E-state index contributed by atoms with van der Waals surface area (Å²) < 4.78 is 15.8. The van der Waals surface area contributed by atoms with Crippen LogP contribution in [-0.2, 0) is 4.79 Å². The number of carbonyl (C=O) groups excluding carboxylic acids is 1. The van der Waals surface area contributed by atoms with E-state index in [1.54, 1.807) is 18.2 Å². The maximum atomic E-state index is 12.1. The molecule has 4 nitrogen and oxygen atoms in total. The molecule has 4 heteroatoms. The molecular weight excluding hydrogens is 292 g/mol. The van der Waals surface area contributed by atoms with Gasteiger partial charge in [-0.3, -0.25) is 4.79 Å². The number of ether oxygens (including phenoxy) is 3. The Morgan fingerprint density at radius 2 is 1.39 bits per heavy atom. The zero-order chi connectivity index (χ0) is 18.5. The first-order chi connectivity index (χ1) is 10.9. The SMILES string of the molecule is CC.CCC.CCC(C)(C)C(=O)Oc1c(OC)cccc1OC. The van der Waals surface area contributed by atoms with Gasteiger partial charge in [-0.05, 0) is 32.4 Å². The summed E-state index contributed by atoms with van der Waals surface area (Å²) in [4.78, 5) is 12.1. The minimum absolute atomic E-state index is 0.298. The lowest BCUT2D eigenvalue weighted by Gasteiger charge is -2.21. The molecule has 0 aliphatic heterocycles. The molecule has 0 aliphatic carbocycles. The number of rotatable bonds is 5. The van der Waals surface area contributed by atoms with Crippen molar-refractivity contribution in [1.29, 1.82) is 0 Å². The van der Waals surface area contributed by atoms with Crippen LogP contribution in [0.2, 0.25) is 0 Å². The van der Waals surface area contributed by atoms with Crippen LogP contribution in [-0.4, -0.2) is 20.2 Å². The number of methoxy groups -OCH3 is 2. The monoisotopic (exact) mass is 326 g/mol. The Kier molecular flexibility index (Phi) is 13.1. The van der Waals surface area contributed by atoms with Crippen LogP contribution in [0.5, 0.6) is 17.2 Å². The van der Waals surface area contributed by atoms with E-state index >= 15 is 0 Å².